The highest BCUT2D eigenvalue weighted by Gasteiger charge is 2.07. The van der Waals surface area contributed by atoms with Gasteiger partial charge in [-0.2, -0.15) is 0 Å². The van der Waals surface area contributed by atoms with Crippen molar-refractivity contribution in [3.63, 3.8) is 0 Å². The molecule has 0 aliphatic rings. The van der Waals surface area contributed by atoms with Crippen LogP contribution in [0.5, 0.6) is 0 Å². The van der Waals surface area contributed by atoms with Crippen molar-refractivity contribution in [3.05, 3.63) is 30.3 Å². The quantitative estimate of drug-likeness (QED) is 0.608. The normalized spacial score (nSPS) is 10.2. The summed E-state index contributed by atoms with van der Waals surface area (Å²) in [5.41, 5.74) is 6.34. The van der Waals surface area contributed by atoms with E-state index in [0.717, 1.165) is 5.56 Å². The summed E-state index contributed by atoms with van der Waals surface area (Å²) in [6.07, 6.45) is 0. The fourth-order valence-corrected chi connectivity index (χ4v) is 1.09. The molecular weight excluding hydrogens is 166 g/mol. The molecule has 13 heavy (non-hydrogen) atoms. The third kappa shape index (κ3) is 1.20. The Labute approximate surface area is 75.0 Å². The average Bonchev–Trinajstić information content (AvgIpc) is 2.49. The Bertz CT molecular complexity index is 406. The summed E-state index contributed by atoms with van der Waals surface area (Å²) >= 11 is 0. The van der Waals surface area contributed by atoms with Crippen LogP contribution in [0.3, 0.4) is 0 Å². The van der Waals surface area contributed by atoms with Crippen molar-refractivity contribution in [2.75, 3.05) is 11.6 Å². The van der Waals surface area contributed by atoms with Gasteiger partial charge in [-0.3, -0.25) is 0 Å². The zero-order valence-electron chi connectivity index (χ0n) is 6.88. The Morgan fingerprint density at radius 2 is 1.77 bits per heavy atom. The van der Waals surface area contributed by atoms with Crippen LogP contribution in [0.4, 0.5) is 5.95 Å². The van der Waals surface area contributed by atoms with Crippen LogP contribution in [0.15, 0.2) is 30.3 Å². The predicted octanol–water partition coefficient (Wildman–Crippen LogP) is 0.241. The number of nitrogen functional groups attached to an aromatic ring is 2. The topological polar surface area (TPSA) is 82.8 Å². The molecule has 5 heteroatoms. The van der Waals surface area contributed by atoms with Crippen molar-refractivity contribution in [1.82, 2.24) is 14.9 Å². The minimum atomic E-state index is 0.207. The molecular formula is C8H9N5. The second-order valence-electron chi connectivity index (χ2n) is 2.62. The van der Waals surface area contributed by atoms with E-state index in [2.05, 4.69) is 10.2 Å². The van der Waals surface area contributed by atoms with Crippen LogP contribution in [-0.2, 0) is 0 Å². The molecule has 2 rings (SSSR count). The van der Waals surface area contributed by atoms with E-state index in [1.807, 2.05) is 30.3 Å². The lowest BCUT2D eigenvalue weighted by Crippen LogP contribution is -2.13. The molecule has 0 spiro atoms. The number of nitrogens with zero attached hydrogens (tertiary/aromatic N) is 3. The summed E-state index contributed by atoms with van der Waals surface area (Å²) in [6, 6.07) is 9.52. The lowest BCUT2D eigenvalue weighted by atomic mass is 10.2. The van der Waals surface area contributed by atoms with Gasteiger partial charge in [-0.15, -0.1) is 10.2 Å². The minimum Gasteiger partial charge on any atom is -0.366 e. The zero-order valence-corrected chi connectivity index (χ0v) is 6.88. The van der Waals surface area contributed by atoms with E-state index >= 15 is 0 Å². The van der Waals surface area contributed by atoms with Gasteiger partial charge in [0.05, 0.1) is 0 Å². The van der Waals surface area contributed by atoms with Gasteiger partial charge in [0.1, 0.15) is 0 Å². The summed E-state index contributed by atoms with van der Waals surface area (Å²) in [5, 5.41) is 7.51. The van der Waals surface area contributed by atoms with E-state index in [0.29, 0.717) is 5.82 Å². The molecule has 1 aromatic carbocycles. The maximum absolute atomic E-state index is 5.60. The number of anilines is 1. The fourth-order valence-electron chi connectivity index (χ4n) is 1.09. The number of rotatable bonds is 1. The summed E-state index contributed by atoms with van der Waals surface area (Å²) in [7, 11) is 0. The molecule has 0 atom stereocenters. The van der Waals surface area contributed by atoms with Gasteiger partial charge in [0.15, 0.2) is 5.82 Å². The van der Waals surface area contributed by atoms with Gasteiger partial charge in [0.2, 0.25) is 5.95 Å². The highest BCUT2D eigenvalue weighted by atomic mass is 15.4. The predicted molar refractivity (Wildman–Crippen MR) is 50.0 cm³/mol. The third-order valence-electron chi connectivity index (χ3n) is 1.75. The third-order valence-corrected chi connectivity index (χ3v) is 1.75. The lowest BCUT2D eigenvalue weighted by molar-refractivity contribution is 1.02. The van der Waals surface area contributed by atoms with Crippen LogP contribution in [0.1, 0.15) is 0 Å². The molecule has 4 N–H and O–H groups in total. The number of hydrogen-bond donors (Lipinski definition) is 2. The van der Waals surface area contributed by atoms with Crippen LogP contribution in [-0.4, -0.2) is 14.9 Å². The number of hydrogen-bond acceptors (Lipinski definition) is 4. The Morgan fingerprint density at radius 3 is 2.31 bits per heavy atom. The Hall–Kier alpha value is -2.04. The largest absolute Gasteiger partial charge is 0.366 e. The summed E-state index contributed by atoms with van der Waals surface area (Å²) in [6.45, 7) is 0. The van der Waals surface area contributed by atoms with E-state index in [-0.39, 0.29) is 5.95 Å². The molecule has 1 aromatic heterocycles. The molecule has 5 nitrogen and oxygen atoms in total. The summed E-state index contributed by atoms with van der Waals surface area (Å²) < 4.78 is 1.26. The first kappa shape index (κ1) is 7.60. The number of aromatic nitrogens is 3. The van der Waals surface area contributed by atoms with Crippen molar-refractivity contribution < 1.29 is 0 Å². The summed E-state index contributed by atoms with van der Waals surface area (Å²) in [4.78, 5) is 0. The standard InChI is InChI=1S/C8H9N5/c9-8-12-11-7(13(8)10)6-4-2-1-3-5-6/h1-5H,10H2,(H2,9,12). The fraction of sp³-hybridized carbons (Fsp3) is 0. The molecule has 0 saturated carbocycles. The Morgan fingerprint density at radius 1 is 1.08 bits per heavy atom. The minimum absolute atomic E-state index is 0.207. The zero-order chi connectivity index (χ0) is 9.26. The maximum atomic E-state index is 5.60. The first-order valence-electron chi connectivity index (χ1n) is 3.80. The van der Waals surface area contributed by atoms with E-state index in [1.54, 1.807) is 0 Å². The highest BCUT2D eigenvalue weighted by molar-refractivity contribution is 5.56. The lowest BCUT2D eigenvalue weighted by Gasteiger charge is -1.99. The van der Waals surface area contributed by atoms with Crippen molar-refractivity contribution in [2.24, 2.45) is 0 Å². The molecule has 0 aliphatic carbocycles. The second-order valence-corrected chi connectivity index (χ2v) is 2.62. The molecule has 0 amide bonds. The van der Waals surface area contributed by atoms with E-state index in [4.69, 9.17) is 11.6 Å². The molecule has 0 unspecified atom stereocenters. The highest BCUT2D eigenvalue weighted by Crippen LogP contribution is 2.15. The molecule has 0 bridgehead atoms. The van der Waals surface area contributed by atoms with Crippen LogP contribution < -0.4 is 11.6 Å². The van der Waals surface area contributed by atoms with Gasteiger partial charge in [-0.05, 0) is 0 Å². The Kier molecular flexibility index (Phi) is 1.63. The molecule has 0 radical (unpaired) electrons. The molecule has 2 aromatic rings. The van der Waals surface area contributed by atoms with Crippen LogP contribution in [0, 0.1) is 0 Å². The SMILES string of the molecule is Nc1nnc(-c2ccccc2)n1N. The van der Waals surface area contributed by atoms with E-state index in [9.17, 15) is 0 Å². The number of nitrogens with two attached hydrogens (primary N) is 2. The van der Waals surface area contributed by atoms with Crippen LogP contribution in [0.2, 0.25) is 0 Å². The van der Waals surface area contributed by atoms with Gasteiger partial charge < -0.3 is 11.6 Å². The van der Waals surface area contributed by atoms with E-state index < -0.39 is 0 Å². The van der Waals surface area contributed by atoms with Crippen molar-refractivity contribution >= 4 is 5.95 Å². The molecule has 0 aliphatic heterocycles. The van der Waals surface area contributed by atoms with Gasteiger partial charge in [0.25, 0.3) is 0 Å². The Balaban J connectivity index is 2.53. The van der Waals surface area contributed by atoms with Gasteiger partial charge in [0, 0.05) is 5.56 Å². The molecule has 0 fully saturated rings. The summed E-state index contributed by atoms with van der Waals surface area (Å²) in [5.74, 6) is 6.38. The van der Waals surface area contributed by atoms with Gasteiger partial charge >= 0.3 is 0 Å². The van der Waals surface area contributed by atoms with Crippen LogP contribution in [0.25, 0.3) is 11.4 Å². The first-order chi connectivity index (χ1) is 6.29. The van der Waals surface area contributed by atoms with Crippen LogP contribution >= 0.6 is 0 Å². The molecule has 66 valence electrons. The number of benzene rings is 1. The van der Waals surface area contributed by atoms with E-state index in [1.165, 1.54) is 4.68 Å². The van der Waals surface area contributed by atoms with Gasteiger partial charge in [-0.1, -0.05) is 30.3 Å². The monoisotopic (exact) mass is 175 g/mol. The average molecular weight is 175 g/mol. The molecule has 0 saturated heterocycles. The second kappa shape index (κ2) is 2.78. The molecule has 1 heterocycles. The van der Waals surface area contributed by atoms with Crippen molar-refractivity contribution in [3.8, 4) is 11.4 Å². The first-order valence-corrected chi connectivity index (χ1v) is 3.80. The van der Waals surface area contributed by atoms with Crippen molar-refractivity contribution in [2.45, 2.75) is 0 Å². The smallest absolute Gasteiger partial charge is 0.241 e. The van der Waals surface area contributed by atoms with Crippen molar-refractivity contribution in [1.29, 1.82) is 0 Å². The maximum Gasteiger partial charge on any atom is 0.241 e. The van der Waals surface area contributed by atoms with Gasteiger partial charge in [-0.25, -0.2) is 4.68 Å².